The van der Waals surface area contributed by atoms with Crippen LogP contribution < -0.4 is 10.6 Å². The molecule has 3 nitrogen and oxygen atoms in total. The van der Waals surface area contributed by atoms with E-state index in [0.29, 0.717) is 18.6 Å². The van der Waals surface area contributed by atoms with Crippen LogP contribution in [0.15, 0.2) is 22.7 Å². The van der Waals surface area contributed by atoms with Crippen LogP contribution in [0.2, 0.25) is 0 Å². The molecule has 2 N–H and O–H groups in total. The lowest BCUT2D eigenvalue weighted by Gasteiger charge is -2.31. The van der Waals surface area contributed by atoms with E-state index in [4.69, 9.17) is 5.73 Å². The predicted octanol–water partition coefficient (Wildman–Crippen LogP) is 2.62. The highest BCUT2D eigenvalue weighted by Gasteiger charge is 2.26. The second-order valence-corrected chi connectivity index (χ2v) is 6.49. The summed E-state index contributed by atoms with van der Waals surface area (Å²) in [6, 6.07) is 7.54. The Bertz CT molecular complexity index is 435. The first-order valence-corrected chi connectivity index (χ1v) is 7.75. The van der Waals surface area contributed by atoms with Gasteiger partial charge in [0.1, 0.15) is 0 Å². The largest absolute Gasteiger partial charge is 0.370 e. The molecule has 0 aromatic heterocycles. The number of nitrogens with zero attached hydrogens (tertiary/aromatic N) is 2. The van der Waals surface area contributed by atoms with Crippen molar-refractivity contribution in [2.45, 2.75) is 32.4 Å². The van der Waals surface area contributed by atoms with Crippen LogP contribution in [0, 0.1) is 6.92 Å². The highest BCUT2D eigenvalue weighted by atomic mass is 79.9. The molecule has 0 bridgehead atoms. The zero-order valence-corrected chi connectivity index (χ0v) is 13.7. The quantitative estimate of drug-likeness (QED) is 0.907. The molecule has 1 aromatic rings. The molecule has 4 heteroatoms. The molecule has 0 aliphatic carbocycles. The molecule has 1 aliphatic heterocycles. The number of benzene rings is 1. The third-order valence-electron chi connectivity index (χ3n) is 4.29. The van der Waals surface area contributed by atoms with E-state index in [1.54, 1.807) is 0 Å². The van der Waals surface area contributed by atoms with Crippen LogP contribution in [-0.2, 0) is 0 Å². The number of hydrogen-bond acceptors (Lipinski definition) is 3. The van der Waals surface area contributed by atoms with E-state index in [1.165, 1.54) is 17.7 Å². The molecule has 1 saturated heterocycles. The SMILES string of the molecule is Cc1cc(Br)ccc1N1CCC(C)N(C)C(CN)C1. The molecule has 0 saturated carbocycles. The first-order chi connectivity index (χ1) is 9.02. The Balaban J connectivity index is 2.24. The van der Waals surface area contributed by atoms with Crippen LogP contribution in [0.3, 0.4) is 0 Å². The Labute approximate surface area is 124 Å². The molecule has 19 heavy (non-hydrogen) atoms. The summed E-state index contributed by atoms with van der Waals surface area (Å²) in [5, 5.41) is 0. The molecule has 2 atom stereocenters. The average molecular weight is 326 g/mol. The number of likely N-dealkylation sites (N-methyl/N-ethyl adjacent to an activating group) is 1. The maximum absolute atomic E-state index is 5.95. The molecule has 0 amide bonds. The molecule has 1 heterocycles. The molecule has 1 aromatic carbocycles. The Kier molecular flexibility index (Phi) is 4.87. The van der Waals surface area contributed by atoms with Crippen molar-refractivity contribution in [2.75, 3.05) is 31.6 Å². The van der Waals surface area contributed by atoms with E-state index in [1.807, 2.05) is 0 Å². The second-order valence-electron chi connectivity index (χ2n) is 5.57. The molecular weight excluding hydrogens is 302 g/mol. The maximum Gasteiger partial charge on any atom is 0.0397 e. The zero-order valence-electron chi connectivity index (χ0n) is 12.1. The van der Waals surface area contributed by atoms with E-state index in [2.05, 4.69) is 64.8 Å². The molecule has 0 spiro atoms. The van der Waals surface area contributed by atoms with Crippen LogP contribution >= 0.6 is 15.9 Å². The normalized spacial score (nSPS) is 25.4. The number of halogens is 1. The Morgan fingerprint density at radius 2 is 2.16 bits per heavy atom. The van der Waals surface area contributed by atoms with Gasteiger partial charge >= 0.3 is 0 Å². The third kappa shape index (κ3) is 3.30. The van der Waals surface area contributed by atoms with Crippen LogP contribution in [0.4, 0.5) is 5.69 Å². The van der Waals surface area contributed by atoms with Gasteiger partial charge in [-0.05, 0) is 51.1 Å². The van der Waals surface area contributed by atoms with Gasteiger partial charge in [0.25, 0.3) is 0 Å². The lowest BCUT2D eigenvalue weighted by atomic mass is 10.1. The molecule has 2 rings (SSSR count). The molecule has 2 unspecified atom stereocenters. The van der Waals surface area contributed by atoms with Gasteiger partial charge in [0.2, 0.25) is 0 Å². The smallest absolute Gasteiger partial charge is 0.0397 e. The van der Waals surface area contributed by atoms with Gasteiger partial charge in [0.05, 0.1) is 0 Å². The van der Waals surface area contributed by atoms with Crippen LogP contribution in [0.1, 0.15) is 18.9 Å². The second kappa shape index (κ2) is 6.25. The van der Waals surface area contributed by atoms with Crippen molar-refractivity contribution in [1.82, 2.24) is 4.90 Å². The van der Waals surface area contributed by atoms with Gasteiger partial charge in [-0.1, -0.05) is 15.9 Å². The number of aryl methyl sites for hydroxylation is 1. The molecule has 0 radical (unpaired) electrons. The summed E-state index contributed by atoms with van der Waals surface area (Å²) < 4.78 is 1.14. The van der Waals surface area contributed by atoms with E-state index >= 15 is 0 Å². The minimum absolute atomic E-state index is 0.431. The topological polar surface area (TPSA) is 32.5 Å². The van der Waals surface area contributed by atoms with Crippen molar-refractivity contribution in [1.29, 1.82) is 0 Å². The maximum atomic E-state index is 5.95. The summed E-state index contributed by atoms with van der Waals surface area (Å²) >= 11 is 3.53. The summed E-state index contributed by atoms with van der Waals surface area (Å²) in [6.07, 6.45) is 1.18. The lowest BCUT2D eigenvalue weighted by Crippen LogP contribution is -2.46. The number of nitrogens with two attached hydrogens (primary N) is 1. The minimum Gasteiger partial charge on any atom is -0.370 e. The molecule has 1 aliphatic rings. The van der Waals surface area contributed by atoms with Crippen molar-refractivity contribution in [3.05, 3.63) is 28.2 Å². The van der Waals surface area contributed by atoms with Crippen LogP contribution in [0.5, 0.6) is 0 Å². The summed E-state index contributed by atoms with van der Waals surface area (Å²) in [4.78, 5) is 4.91. The Hall–Kier alpha value is -0.580. The van der Waals surface area contributed by atoms with Gasteiger partial charge in [0, 0.05) is 41.9 Å². The standard InChI is InChI=1S/C15H24BrN3/c1-11-8-13(16)4-5-15(11)19-7-6-12(2)18(3)14(9-17)10-19/h4-5,8,12,14H,6-7,9-10,17H2,1-3H3. The molecular formula is C15H24BrN3. The van der Waals surface area contributed by atoms with Gasteiger partial charge < -0.3 is 10.6 Å². The first kappa shape index (κ1) is 14.8. The van der Waals surface area contributed by atoms with Gasteiger partial charge in [-0.2, -0.15) is 0 Å². The van der Waals surface area contributed by atoms with E-state index in [-0.39, 0.29) is 0 Å². The van der Waals surface area contributed by atoms with Gasteiger partial charge in [-0.15, -0.1) is 0 Å². The molecule has 1 fully saturated rings. The van der Waals surface area contributed by atoms with Crippen LogP contribution in [-0.4, -0.2) is 43.7 Å². The fourth-order valence-electron chi connectivity index (χ4n) is 2.81. The van der Waals surface area contributed by atoms with Crippen molar-refractivity contribution >= 4 is 21.6 Å². The Morgan fingerprint density at radius 1 is 1.42 bits per heavy atom. The number of rotatable bonds is 2. The van der Waals surface area contributed by atoms with Crippen molar-refractivity contribution in [3.63, 3.8) is 0 Å². The summed E-state index contributed by atoms with van der Waals surface area (Å²) in [5.74, 6) is 0. The lowest BCUT2D eigenvalue weighted by molar-refractivity contribution is 0.201. The van der Waals surface area contributed by atoms with Gasteiger partial charge in [-0.3, -0.25) is 4.90 Å². The monoisotopic (exact) mass is 325 g/mol. The number of anilines is 1. The summed E-state index contributed by atoms with van der Waals surface area (Å²) in [6.45, 7) is 7.30. The fraction of sp³-hybridized carbons (Fsp3) is 0.600. The molecule has 106 valence electrons. The van der Waals surface area contributed by atoms with Crippen molar-refractivity contribution in [2.24, 2.45) is 5.73 Å². The van der Waals surface area contributed by atoms with E-state index in [0.717, 1.165) is 17.6 Å². The zero-order chi connectivity index (χ0) is 14.0. The summed E-state index contributed by atoms with van der Waals surface area (Å²) in [5.41, 5.74) is 8.61. The van der Waals surface area contributed by atoms with Gasteiger partial charge in [0.15, 0.2) is 0 Å². The predicted molar refractivity (Wildman–Crippen MR) is 85.8 cm³/mol. The Morgan fingerprint density at radius 3 is 2.79 bits per heavy atom. The van der Waals surface area contributed by atoms with Crippen LogP contribution in [0.25, 0.3) is 0 Å². The average Bonchev–Trinajstić information content (AvgIpc) is 2.51. The van der Waals surface area contributed by atoms with Gasteiger partial charge in [-0.25, -0.2) is 0 Å². The van der Waals surface area contributed by atoms with E-state index < -0.39 is 0 Å². The first-order valence-electron chi connectivity index (χ1n) is 6.96. The fourth-order valence-corrected chi connectivity index (χ4v) is 3.29. The van der Waals surface area contributed by atoms with Crippen molar-refractivity contribution in [3.8, 4) is 0 Å². The highest BCUT2D eigenvalue weighted by molar-refractivity contribution is 9.10. The van der Waals surface area contributed by atoms with Crippen molar-refractivity contribution < 1.29 is 0 Å². The minimum atomic E-state index is 0.431. The third-order valence-corrected chi connectivity index (χ3v) is 4.78. The van der Waals surface area contributed by atoms with E-state index in [9.17, 15) is 0 Å². The highest BCUT2D eigenvalue weighted by Crippen LogP contribution is 2.26. The summed E-state index contributed by atoms with van der Waals surface area (Å²) in [7, 11) is 2.19. The number of hydrogen-bond donors (Lipinski definition) is 1.